The Hall–Kier alpha value is -2.83. The van der Waals surface area contributed by atoms with Crippen molar-refractivity contribution in [3.8, 4) is 0 Å². The van der Waals surface area contributed by atoms with Crippen molar-refractivity contribution in [3.63, 3.8) is 0 Å². The highest BCUT2D eigenvalue weighted by atomic mass is 16.2. The molecule has 2 rings (SSSR count). The highest BCUT2D eigenvalue weighted by Crippen LogP contribution is 2.17. The summed E-state index contributed by atoms with van der Waals surface area (Å²) in [4.78, 5) is 27.6. The summed E-state index contributed by atoms with van der Waals surface area (Å²) in [6.07, 6.45) is 2.19. The molecule has 0 saturated heterocycles. The number of hydrogen-bond acceptors (Lipinski definition) is 3. The van der Waals surface area contributed by atoms with Crippen LogP contribution in [-0.4, -0.2) is 53.1 Å². The number of para-hydroxylation sites is 1. The third kappa shape index (κ3) is 5.34. The van der Waals surface area contributed by atoms with Gasteiger partial charge in [-0.3, -0.25) is 9.89 Å². The molecule has 0 aliphatic rings. The Morgan fingerprint density at radius 1 is 1.19 bits per heavy atom. The lowest BCUT2D eigenvalue weighted by Gasteiger charge is -2.19. The van der Waals surface area contributed by atoms with Gasteiger partial charge >= 0.3 is 6.03 Å². The average molecular weight is 357 g/mol. The molecule has 1 aromatic carbocycles. The molecule has 26 heavy (non-hydrogen) atoms. The zero-order valence-electron chi connectivity index (χ0n) is 15.9. The van der Waals surface area contributed by atoms with E-state index in [0.717, 1.165) is 29.8 Å². The standard InChI is InChI=1S/C19H27N5O2/c1-5-8-15-12-16(22-21-15)13-24(4)19(26)20-17-10-7-6-9-14(17)11-18(25)23(2)3/h6-7,9-10,12H,5,8,11,13H2,1-4H3,(H,20,26)(H,21,22). The first-order valence-corrected chi connectivity index (χ1v) is 8.74. The number of rotatable bonds is 7. The van der Waals surface area contributed by atoms with E-state index in [1.807, 2.05) is 24.3 Å². The van der Waals surface area contributed by atoms with E-state index < -0.39 is 0 Å². The van der Waals surface area contributed by atoms with Crippen LogP contribution in [0.3, 0.4) is 0 Å². The van der Waals surface area contributed by atoms with Gasteiger partial charge in [0, 0.05) is 26.8 Å². The van der Waals surface area contributed by atoms with Gasteiger partial charge < -0.3 is 15.1 Å². The zero-order valence-corrected chi connectivity index (χ0v) is 15.9. The molecule has 0 aliphatic heterocycles. The Morgan fingerprint density at radius 2 is 1.92 bits per heavy atom. The molecule has 0 unspecified atom stereocenters. The number of nitrogens with one attached hydrogen (secondary N) is 2. The van der Waals surface area contributed by atoms with Gasteiger partial charge in [-0.25, -0.2) is 4.79 Å². The van der Waals surface area contributed by atoms with Gasteiger partial charge in [-0.2, -0.15) is 5.10 Å². The number of hydrogen-bond donors (Lipinski definition) is 2. The molecule has 7 nitrogen and oxygen atoms in total. The van der Waals surface area contributed by atoms with E-state index in [4.69, 9.17) is 0 Å². The molecule has 2 aromatic rings. The summed E-state index contributed by atoms with van der Waals surface area (Å²) in [7, 11) is 5.16. The van der Waals surface area contributed by atoms with Gasteiger partial charge in [-0.1, -0.05) is 31.5 Å². The molecule has 0 saturated carbocycles. The monoisotopic (exact) mass is 357 g/mol. The highest BCUT2D eigenvalue weighted by molar-refractivity contribution is 5.91. The fourth-order valence-electron chi connectivity index (χ4n) is 2.53. The van der Waals surface area contributed by atoms with E-state index in [-0.39, 0.29) is 18.4 Å². The number of carbonyl (C=O) groups is 2. The largest absolute Gasteiger partial charge is 0.349 e. The first-order valence-electron chi connectivity index (χ1n) is 8.74. The molecule has 2 N–H and O–H groups in total. The second-order valence-corrected chi connectivity index (χ2v) is 6.54. The minimum absolute atomic E-state index is 0.0130. The van der Waals surface area contributed by atoms with Gasteiger partial charge in [0.05, 0.1) is 24.4 Å². The number of benzene rings is 1. The Labute approximate surface area is 154 Å². The van der Waals surface area contributed by atoms with Crippen molar-refractivity contribution in [1.29, 1.82) is 0 Å². The van der Waals surface area contributed by atoms with Crippen molar-refractivity contribution in [2.24, 2.45) is 0 Å². The lowest BCUT2D eigenvalue weighted by atomic mass is 10.1. The topological polar surface area (TPSA) is 81.3 Å². The number of aryl methyl sites for hydroxylation is 1. The van der Waals surface area contributed by atoms with Crippen LogP contribution in [0.25, 0.3) is 0 Å². The smallest absolute Gasteiger partial charge is 0.321 e. The predicted molar refractivity (Wildman–Crippen MR) is 102 cm³/mol. The van der Waals surface area contributed by atoms with Crippen LogP contribution in [0.4, 0.5) is 10.5 Å². The van der Waals surface area contributed by atoms with Crippen molar-refractivity contribution < 1.29 is 9.59 Å². The van der Waals surface area contributed by atoms with Crippen molar-refractivity contribution >= 4 is 17.6 Å². The quantitative estimate of drug-likeness (QED) is 0.799. The molecule has 0 atom stereocenters. The van der Waals surface area contributed by atoms with Crippen molar-refractivity contribution in [2.45, 2.75) is 32.7 Å². The third-order valence-corrected chi connectivity index (χ3v) is 4.04. The van der Waals surface area contributed by atoms with Crippen molar-refractivity contribution in [2.75, 3.05) is 26.5 Å². The summed E-state index contributed by atoms with van der Waals surface area (Å²) in [6, 6.07) is 9.10. The summed E-state index contributed by atoms with van der Waals surface area (Å²) in [5.41, 5.74) is 3.33. The molecular formula is C19H27N5O2. The molecule has 0 spiro atoms. The van der Waals surface area contributed by atoms with Crippen LogP contribution in [0.2, 0.25) is 0 Å². The van der Waals surface area contributed by atoms with Gasteiger partial charge in [0.15, 0.2) is 0 Å². The second-order valence-electron chi connectivity index (χ2n) is 6.54. The van der Waals surface area contributed by atoms with Gasteiger partial charge in [0.25, 0.3) is 0 Å². The Kier molecular flexibility index (Phi) is 6.77. The van der Waals surface area contributed by atoms with Crippen molar-refractivity contribution in [1.82, 2.24) is 20.0 Å². The minimum atomic E-state index is -0.235. The van der Waals surface area contributed by atoms with E-state index in [1.165, 1.54) is 4.90 Å². The summed E-state index contributed by atoms with van der Waals surface area (Å²) in [5.74, 6) is -0.0130. The van der Waals surface area contributed by atoms with Gasteiger partial charge in [0.2, 0.25) is 5.91 Å². The minimum Gasteiger partial charge on any atom is -0.349 e. The first-order chi connectivity index (χ1) is 12.4. The number of aromatic nitrogens is 2. The van der Waals surface area contributed by atoms with Gasteiger partial charge in [-0.15, -0.1) is 0 Å². The number of nitrogens with zero attached hydrogens (tertiary/aromatic N) is 3. The van der Waals surface area contributed by atoms with E-state index >= 15 is 0 Å². The van der Waals surface area contributed by atoms with Gasteiger partial charge in [-0.05, 0) is 24.1 Å². The van der Waals surface area contributed by atoms with Crippen LogP contribution in [0.1, 0.15) is 30.3 Å². The molecule has 0 aliphatic carbocycles. The maximum Gasteiger partial charge on any atom is 0.321 e. The molecule has 0 fully saturated rings. The summed E-state index contributed by atoms with van der Waals surface area (Å²) in [6.45, 7) is 2.54. The van der Waals surface area contributed by atoms with Crippen LogP contribution >= 0.6 is 0 Å². The molecule has 7 heteroatoms. The number of aromatic amines is 1. The molecular weight excluding hydrogens is 330 g/mol. The van der Waals surface area contributed by atoms with Crippen LogP contribution in [0, 0.1) is 0 Å². The Balaban J connectivity index is 2.01. The van der Waals surface area contributed by atoms with Crippen LogP contribution in [-0.2, 0) is 24.2 Å². The van der Waals surface area contributed by atoms with Gasteiger partial charge in [0.1, 0.15) is 0 Å². The Morgan fingerprint density at radius 3 is 2.62 bits per heavy atom. The van der Waals surface area contributed by atoms with Crippen LogP contribution in [0.5, 0.6) is 0 Å². The van der Waals surface area contributed by atoms with Crippen molar-refractivity contribution in [3.05, 3.63) is 47.3 Å². The number of anilines is 1. The fraction of sp³-hybridized carbons (Fsp3) is 0.421. The maximum atomic E-state index is 12.5. The molecule has 0 radical (unpaired) electrons. The highest BCUT2D eigenvalue weighted by Gasteiger charge is 2.15. The molecule has 3 amide bonds. The number of amides is 3. The molecule has 0 bridgehead atoms. The number of carbonyl (C=O) groups excluding carboxylic acids is 2. The van der Waals surface area contributed by atoms with Crippen LogP contribution in [0.15, 0.2) is 30.3 Å². The second kappa shape index (κ2) is 9.03. The average Bonchev–Trinajstić information content (AvgIpc) is 3.03. The SMILES string of the molecule is CCCc1cc(CN(C)C(=O)Nc2ccccc2CC(=O)N(C)C)[nH]n1. The maximum absolute atomic E-state index is 12.5. The fourth-order valence-corrected chi connectivity index (χ4v) is 2.53. The molecule has 140 valence electrons. The predicted octanol–water partition coefficient (Wildman–Crippen LogP) is 2.66. The zero-order chi connectivity index (χ0) is 19.1. The molecule has 1 heterocycles. The first kappa shape index (κ1) is 19.5. The lowest BCUT2D eigenvalue weighted by Crippen LogP contribution is -2.31. The van der Waals surface area contributed by atoms with E-state index in [2.05, 4.69) is 22.4 Å². The Bertz CT molecular complexity index is 754. The summed E-state index contributed by atoms with van der Waals surface area (Å²) < 4.78 is 0. The number of H-pyrrole nitrogens is 1. The van der Waals surface area contributed by atoms with Crippen LogP contribution < -0.4 is 5.32 Å². The van der Waals surface area contributed by atoms with E-state index in [1.54, 1.807) is 32.1 Å². The number of likely N-dealkylation sites (N-methyl/N-ethyl adjacent to an activating group) is 1. The molecule has 1 aromatic heterocycles. The lowest BCUT2D eigenvalue weighted by molar-refractivity contribution is -0.127. The summed E-state index contributed by atoms with van der Waals surface area (Å²) >= 11 is 0. The number of urea groups is 1. The van der Waals surface area contributed by atoms with E-state index in [0.29, 0.717) is 12.2 Å². The van der Waals surface area contributed by atoms with E-state index in [9.17, 15) is 9.59 Å². The summed E-state index contributed by atoms with van der Waals surface area (Å²) in [5, 5.41) is 10.1. The third-order valence-electron chi connectivity index (χ3n) is 4.04. The normalized spacial score (nSPS) is 10.5.